The molecule has 11 heavy (non-hydrogen) atoms. The summed E-state index contributed by atoms with van der Waals surface area (Å²) in [5, 5.41) is 0. The molecule has 0 aliphatic carbocycles. The number of carbonyl (C=O) groups excluding carboxylic acids is 1. The van der Waals surface area contributed by atoms with Gasteiger partial charge in [0.25, 0.3) is 0 Å². The van der Waals surface area contributed by atoms with Crippen LogP contribution < -0.4 is 4.74 Å². The zero-order valence-electron chi connectivity index (χ0n) is 6.55. The number of benzene rings is 1. The Bertz CT molecular complexity index is 266. The number of ether oxygens (including phenoxy) is 1. The Balaban J connectivity index is 2.95. The molecule has 1 radical (unpaired) electrons. The fourth-order valence-electron chi connectivity index (χ4n) is 0.826. The first-order valence-electron chi connectivity index (χ1n) is 3.35. The summed E-state index contributed by atoms with van der Waals surface area (Å²) in [5.41, 5.74) is 2.29. The second-order valence-electron chi connectivity index (χ2n) is 2.43. The SMILES string of the molecule is Cc1ccc(O[C]=O)cc1C. The van der Waals surface area contributed by atoms with Gasteiger partial charge < -0.3 is 4.74 Å². The molecule has 0 aliphatic heterocycles. The van der Waals surface area contributed by atoms with Gasteiger partial charge in [0.2, 0.25) is 0 Å². The van der Waals surface area contributed by atoms with Crippen molar-refractivity contribution in [3.63, 3.8) is 0 Å². The third kappa shape index (κ3) is 1.80. The maximum atomic E-state index is 9.82. The molecular weight excluding hydrogens is 140 g/mol. The Labute approximate surface area is 65.8 Å². The van der Waals surface area contributed by atoms with Crippen LogP contribution in [0.25, 0.3) is 0 Å². The van der Waals surface area contributed by atoms with Gasteiger partial charge in [0.1, 0.15) is 5.75 Å². The van der Waals surface area contributed by atoms with Crippen molar-refractivity contribution in [1.29, 1.82) is 0 Å². The van der Waals surface area contributed by atoms with Crippen LogP contribution in [0.1, 0.15) is 11.1 Å². The number of hydrogen-bond acceptors (Lipinski definition) is 2. The summed E-state index contributed by atoms with van der Waals surface area (Å²) in [7, 11) is 0. The Morgan fingerprint density at radius 1 is 1.27 bits per heavy atom. The lowest BCUT2D eigenvalue weighted by atomic mass is 10.1. The van der Waals surface area contributed by atoms with E-state index in [1.807, 2.05) is 19.9 Å². The number of aryl methyl sites for hydroxylation is 2. The van der Waals surface area contributed by atoms with E-state index in [-0.39, 0.29) is 0 Å². The molecule has 1 aromatic carbocycles. The number of rotatable bonds is 2. The summed E-state index contributed by atoms with van der Waals surface area (Å²) in [4.78, 5) is 9.82. The minimum absolute atomic E-state index is 0.545. The smallest absolute Gasteiger partial charge is 0.418 e. The van der Waals surface area contributed by atoms with Crippen molar-refractivity contribution in [1.82, 2.24) is 0 Å². The Kier molecular flexibility index (Phi) is 2.26. The van der Waals surface area contributed by atoms with Gasteiger partial charge in [-0.15, -0.1) is 0 Å². The highest BCUT2D eigenvalue weighted by molar-refractivity contribution is 5.47. The van der Waals surface area contributed by atoms with Gasteiger partial charge in [0.05, 0.1) is 0 Å². The van der Waals surface area contributed by atoms with Gasteiger partial charge in [-0.25, -0.2) is 4.79 Å². The highest BCUT2D eigenvalue weighted by Crippen LogP contribution is 2.15. The van der Waals surface area contributed by atoms with Gasteiger partial charge in [-0.2, -0.15) is 0 Å². The third-order valence-electron chi connectivity index (χ3n) is 1.64. The Morgan fingerprint density at radius 3 is 2.55 bits per heavy atom. The van der Waals surface area contributed by atoms with E-state index in [2.05, 4.69) is 4.74 Å². The standard InChI is InChI=1S/C9H9O2/c1-7-3-4-9(11-6-10)5-8(7)2/h3-5H,1-2H3. The topological polar surface area (TPSA) is 26.3 Å². The molecule has 0 saturated carbocycles. The Hall–Kier alpha value is -1.31. The van der Waals surface area contributed by atoms with Crippen molar-refractivity contribution in [3.05, 3.63) is 29.3 Å². The molecule has 0 N–H and O–H groups in total. The van der Waals surface area contributed by atoms with Crippen molar-refractivity contribution in [2.24, 2.45) is 0 Å². The van der Waals surface area contributed by atoms with Crippen LogP contribution in [0.4, 0.5) is 0 Å². The summed E-state index contributed by atoms with van der Waals surface area (Å²) in [6.45, 7) is 5.35. The van der Waals surface area contributed by atoms with Crippen LogP contribution >= 0.6 is 0 Å². The average Bonchev–Trinajstić information content (AvgIpc) is 1.98. The highest BCUT2D eigenvalue weighted by atomic mass is 16.5. The van der Waals surface area contributed by atoms with E-state index in [9.17, 15) is 4.79 Å². The molecule has 0 amide bonds. The van der Waals surface area contributed by atoms with E-state index >= 15 is 0 Å². The first-order valence-corrected chi connectivity index (χ1v) is 3.35. The molecule has 0 spiro atoms. The molecule has 1 rings (SSSR count). The highest BCUT2D eigenvalue weighted by Gasteiger charge is 1.95. The molecule has 0 aliphatic rings. The maximum Gasteiger partial charge on any atom is 0.423 e. The van der Waals surface area contributed by atoms with Gasteiger partial charge in [0.15, 0.2) is 0 Å². The van der Waals surface area contributed by atoms with Crippen molar-refractivity contribution >= 4 is 6.47 Å². The molecule has 0 atom stereocenters. The van der Waals surface area contributed by atoms with Crippen molar-refractivity contribution < 1.29 is 9.53 Å². The van der Waals surface area contributed by atoms with E-state index in [4.69, 9.17) is 0 Å². The van der Waals surface area contributed by atoms with Gasteiger partial charge in [0, 0.05) is 0 Å². The molecule has 0 bridgehead atoms. The zero-order valence-corrected chi connectivity index (χ0v) is 6.55. The van der Waals surface area contributed by atoms with Crippen LogP contribution in [0.15, 0.2) is 18.2 Å². The van der Waals surface area contributed by atoms with E-state index in [0.29, 0.717) is 5.75 Å². The molecule has 0 fully saturated rings. The van der Waals surface area contributed by atoms with Crippen LogP contribution in [-0.4, -0.2) is 6.47 Å². The van der Waals surface area contributed by atoms with E-state index in [1.165, 1.54) is 12.0 Å². The molecule has 1 aromatic rings. The first-order chi connectivity index (χ1) is 5.24. The van der Waals surface area contributed by atoms with Crippen LogP contribution in [-0.2, 0) is 4.79 Å². The minimum Gasteiger partial charge on any atom is -0.418 e. The summed E-state index contributed by atoms with van der Waals surface area (Å²) in [5.74, 6) is 0.545. The van der Waals surface area contributed by atoms with Crippen molar-refractivity contribution in [3.8, 4) is 5.75 Å². The van der Waals surface area contributed by atoms with Crippen molar-refractivity contribution in [2.45, 2.75) is 13.8 Å². The first kappa shape index (κ1) is 7.79. The maximum absolute atomic E-state index is 9.82. The van der Waals surface area contributed by atoms with Crippen LogP contribution in [0.2, 0.25) is 0 Å². The lowest BCUT2D eigenvalue weighted by Gasteiger charge is -2.00. The second kappa shape index (κ2) is 3.19. The molecule has 0 aromatic heterocycles. The molecule has 0 saturated heterocycles. The molecule has 0 heterocycles. The van der Waals surface area contributed by atoms with Gasteiger partial charge >= 0.3 is 6.47 Å². The zero-order chi connectivity index (χ0) is 8.27. The quantitative estimate of drug-likeness (QED) is 0.640. The molecule has 2 nitrogen and oxygen atoms in total. The summed E-state index contributed by atoms with van der Waals surface area (Å²) >= 11 is 0. The normalized spacial score (nSPS) is 9.27. The van der Waals surface area contributed by atoms with Crippen LogP contribution in [0, 0.1) is 13.8 Å². The van der Waals surface area contributed by atoms with Gasteiger partial charge in [-0.1, -0.05) is 6.07 Å². The minimum atomic E-state index is 0.545. The second-order valence-corrected chi connectivity index (χ2v) is 2.43. The van der Waals surface area contributed by atoms with E-state index in [0.717, 1.165) is 5.56 Å². The lowest BCUT2D eigenvalue weighted by molar-refractivity contribution is 0.442. The summed E-state index contributed by atoms with van der Waals surface area (Å²) in [6.07, 6.45) is 0. The average molecular weight is 149 g/mol. The fourth-order valence-corrected chi connectivity index (χ4v) is 0.826. The van der Waals surface area contributed by atoms with E-state index in [1.54, 1.807) is 12.1 Å². The Morgan fingerprint density at radius 2 is 2.00 bits per heavy atom. The lowest BCUT2D eigenvalue weighted by Crippen LogP contribution is -1.89. The van der Waals surface area contributed by atoms with Crippen LogP contribution in [0.5, 0.6) is 5.75 Å². The predicted octanol–water partition coefficient (Wildman–Crippen LogP) is 1.75. The summed E-state index contributed by atoms with van der Waals surface area (Å²) in [6, 6.07) is 5.45. The molecule has 0 unspecified atom stereocenters. The van der Waals surface area contributed by atoms with Crippen LogP contribution in [0.3, 0.4) is 0 Å². The number of hydrogen-bond donors (Lipinski definition) is 0. The molecular formula is C9H9O2. The third-order valence-corrected chi connectivity index (χ3v) is 1.64. The molecule has 57 valence electrons. The largest absolute Gasteiger partial charge is 0.423 e. The molecule has 2 heteroatoms. The van der Waals surface area contributed by atoms with Gasteiger partial charge in [-0.3, -0.25) is 0 Å². The fraction of sp³-hybridized carbons (Fsp3) is 0.222. The predicted molar refractivity (Wildman–Crippen MR) is 42.2 cm³/mol. The monoisotopic (exact) mass is 149 g/mol. The van der Waals surface area contributed by atoms with E-state index < -0.39 is 0 Å². The van der Waals surface area contributed by atoms with Gasteiger partial charge in [-0.05, 0) is 37.1 Å². The van der Waals surface area contributed by atoms with Crippen molar-refractivity contribution in [2.75, 3.05) is 0 Å². The summed E-state index contributed by atoms with van der Waals surface area (Å²) < 4.78 is 4.54.